The number of halogens is 3. The van der Waals surface area contributed by atoms with Crippen LogP contribution in [-0.4, -0.2) is 11.1 Å². The molecule has 0 aliphatic rings. The highest BCUT2D eigenvalue weighted by Crippen LogP contribution is 2.32. The summed E-state index contributed by atoms with van der Waals surface area (Å²) in [5.41, 5.74) is 1.12. The summed E-state index contributed by atoms with van der Waals surface area (Å²) in [5.74, 6) is -0.498. The quantitative estimate of drug-likeness (QED) is 0.890. The molecular formula is C12H9BrClFN2O2. The Balaban J connectivity index is 2.35. The molecule has 1 aromatic heterocycles. The van der Waals surface area contributed by atoms with E-state index < -0.39 is 11.7 Å². The maximum Gasteiger partial charge on any atom is 0.261 e. The molecule has 1 aromatic carbocycles. The summed E-state index contributed by atoms with van der Waals surface area (Å²) in [4.78, 5) is 12.1. The van der Waals surface area contributed by atoms with Gasteiger partial charge in [0.1, 0.15) is 17.1 Å². The molecular weight excluding hydrogens is 338 g/mol. The molecule has 0 bridgehead atoms. The Bertz CT molecular complexity index is 615. The summed E-state index contributed by atoms with van der Waals surface area (Å²) in [6, 6.07) is 2.34. The van der Waals surface area contributed by atoms with Gasteiger partial charge in [0, 0.05) is 4.47 Å². The maximum absolute atomic E-state index is 13.1. The average molecular weight is 348 g/mol. The molecule has 0 aliphatic carbocycles. The fourth-order valence-electron chi connectivity index (χ4n) is 1.64. The highest BCUT2D eigenvalue weighted by Gasteiger charge is 2.19. The zero-order valence-electron chi connectivity index (χ0n) is 10.1. The molecule has 0 atom stereocenters. The molecule has 0 fully saturated rings. The van der Waals surface area contributed by atoms with Crippen molar-refractivity contribution in [2.75, 3.05) is 5.32 Å². The summed E-state index contributed by atoms with van der Waals surface area (Å²) >= 11 is 9.04. The summed E-state index contributed by atoms with van der Waals surface area (Å²) in [6.07, 6.45) is 0. The molecule has 0 spiro atoms. The van der Waals surface area contributed by atoms with E-state index in [2.05, 4.69) is 26.4 Å². The molecule has 2 rings (SSSR count). The maximum atomic E-state index is 13.1. The van der Waals surface area contributed by atoms with Crippen molar-refractivity contribution in [2.45, 2.75) is 13.8 Å². The van der Waals surface area contributed by atoms with E-state index in [1.165, 1.54) is 6.07 Å². The van der Waals surface area contributed by atoms with E-state index in [0.717, 1.165) is 6.07 Å². The first kappa shape index (κ1) is 14.0. The van der Waals surface area contributed by atoms with Gasteiger partial charge in [-0.05, 0) is 41.9 Å². The van der Waals surface area contributed by atoms with Gasteiger partial charge in [-0.2, -0.15) is 0 Å². The lowest BCUT2D eigenvalue weighted by Gasteiger charge is -2.09. The molecule has 1 N–H and O–H groups in total. The molecule has 0 saturated heterocycles. The Labute approximate surface area is 122 Å². The third kappa shape index (κ3) is 2.79. The zero-order chi connectivity index (χ0) is 14.2. The van der Waals surface area contributed by atoms with E-state index in [4.69, 9.17) is 16.1 Å². The number of aromatic nitrogens is 1. The van der Waals surface area contributed by atoms with E-state index in [1.54, 1.807) is 13.8 Å². The van der Waals surface area contributed by atoms with Gasteiger partial charge < -0.3 is 9.84 Å². The van der Waals surface area contributed by atoms with Crippen LogP contribution in [0, 0.1) is 19.7 Å². The van der Waals surface area contributed by atoms with Gasteiger partial charge in [0.25, 0.3) is 5.91 Å². The Morgan fingerprint density at radius 1 is 1.47 bits per heavy atom. The van der Waals surface area contributed by atoms with E-state index >= 15 is 0 Å². The summed E-state index contributed by atoms with van der Waals surface area (Å²) in [5, 5.41) is 6.41. The number of nitrogens with one attached hydrogen (secondary N) is 1. The van der Waals surface area contributed by atoms with E-state index in [-0.39, 0.29) is 5.02 Å². The molecule has 100 valence electrons. The third-order valence-corrected chi connectivity index (χ3v) is 3.43. The highest BCUT2D eigenvalue weighted by molar-refractivity contribution is 9.10. The first-order chi connectivity index (χ1) is 8.90. The van der Waals surface area contributed by atoms with Crippen molar-refractivity contribution in [3.05, 3.63) is 44.5 Å². The number of carbonyl (C=O) groups is 1. The van der Waals surface area contributed by atoms with Crippen molar-refractivity contribution >= 4 is 39.1 Å². The Hall–Kier alpha value is -1.40. The van der Waals surface area contributed by atoms with E-state index in [0.29, 0.717) is 27.2 Å². The second-order valence-electron chi connectivity index (χ2n) is 3.90. The third-order valence-electron chi connectivity index (χ3n) is 2.51. The number of rotatable bonds is 2. The minimum absolute atomic E-state index is 0.104. The first-order valence-electron chi connectivity index (χ1n) is 5.29. The summed E-state index contributed by atoms with van der Waals surface area (Å²) in [7, 11) is 0. The van der Waals surface area contributed by atoms with Crippen LogP contribution in [0.2, 0.25) is 5.02 Å². The molecule has 1 amide bonds. The van der Waals surface area contributed by atoms with E-state index in [9.17, 15) is 9.18 Å². The summed E-state index contributed by atoms with van der Waals surface area (Å²) < 4.78 is 18.4. The monoisotopic (exact) mass is 346 g/mol. The van der Waals surface area contributed by atoms with E-state index in [1.807, 2.05) is 0 Å². The minimum Gasteiger partial charge on any atom is -0.361 e. The van der Waals surface area contributed by atoms with Gasteiger partial charge in [-0.1, -0.05) is 16.8 Å². The van der Waals surface area contributed by atoms with Crippen LogP contribution >= 0.6 is 27.5 Å². The number of benzene rings is 1. The lowest BCUT2D eigenvalue weighted by Crippen LogP contribution is -2.14. The SMILES string of the molecule is Cc1noc(C)c1C(=O)Nc1c(Cl)cc(F)cc1Br. The Kier molecular flexibility index (Phi) is 3.91. The van der Waals surface area contributed by atoms with Crippen LogP contribution in [0.4, 0.5) is 10.1 Å². The molecule has 0 radical (unpaired) electrons. The lowest BCUT2D eigenvalue weighted by molar-refractivity contribution is 0.102. The largest absolute Gasteiger partial charge is 0.361 e. The van der Waals surface area contributed by atoms with Gasteiger partial charge in [-0.3, -0.25) is 4.79 Å². The zero-order valence-corrected chi connectivity index (χ0v) is 12.4. The molecule has 2 aromatic rings. The van der Waals surface area contributed by atoms with Gasteiger partial charge in [0.15, 0.2) is 0 Å². The van der Waals surface area contributed by atoms with Crippen LogP contribution in [0.1, 0.15) is 21.8 Å². The average Bonchev–Trinajstić information content (AvgIpc) is 2.63. The minimum atomic E-state index is -0.493. The molecule has 4 nitrogen and oxygen atoms in total. The van der Waals surface area contributed by atoms with Crippen molar-refractivity contribution in [1.82, 2.24) is 5.16 Å². The van der Waals surface area contributed by atoms with Crippen LogP contribution in [-0.2, 0) is 0 Å². The Morgan fingerprint density at radius 3 is 2.68 bits per heavy atom. The topological polar surface area (TPSA) is 55.1 Å². The van der Waals surface area contributed by atoms with Crippen molar-refractivity contribution in [2.24, 2.45) is 0 Å². The lowest BCUT2D eigenvalue weighted by atomic mass is 10.2. The van der Waals surface area contributed by atoms with Crippen molar-refractivity contribution in [3.63, 3.8) is 0 Å². The van der Waals surface area contributed by atoms with Gasteiger partial charge in [-0.25, -0.2) is 4.39 Å². The van der Waals surface area contributed by atoms with Crippen LogP contribution in [0.5, 0.6) is 0 Å². The number of hydrogen-bond acceptors (Lipinski definition) is 3. The first-order valence-corrected chi connectivity index (χ1v) is 6.46. The van der Waals surface area contributed by atoms with Gasteiger partial charge in [0.2, 0.25) is 0 Å². The highest BCUT2D eigenvalue weighted by atomic mass is 79.9. The van der Waals surface area contributed by atoms with Gasteiger partial charge in [0.05, 0.1) is 16.4 Å². The van der Waals surface area contributed by atoms with Crippen molar-refractivity contribution in [1.29, 1.82) is 0 Å². The van der Waals surface area contributed by atoms with Gasteiger partial charge >= 0.3 is 0 Å². The number of carbonyl (C=O) groups excluding carboxylic acids is 1. The number of amides is 1. The summed E-state index contributed by atoms with van der Waals surface area (Å²) in [6.45, 7) is 3.29. The van der Waals surface area contributed by atoms with Crippen LogP contribution < -0.4 is 5.32 Å². The van der Waals surface area contributed by atoms with Crippen LogP contribution in [0.25, 0.3) is 0 Å². The molecule has 0 unspecified atom stereocenters. The smallest absolute Gasteiger partial charge is 0.261 e. The predicted molar refractivity (Wildman–Crippen MR) is 73.0 cm³/mol. The van der Waals surface area contributed by atoms with Crippen molar-refractivity contribution in [3.8, 4) is 0 Å². The second kappa shape index (κ2) is 5.30. The number of aryl methyl sites for hydroxylation is 2. The fourth-order valence-corrected chi connectivity index (χ4v) is 2.54. The molecule has 19 heavy (non-hydrogen) atoms. The predicted octanol–water partition coefficient (Wildman–Crippen LogP) is 4.10. The van der Waals surface area contributed by atoms with Crippen molar-refractivity contribution < 1.29 is 13.7 Å². The number of anilines is 1. The Morgan fingerprint density at radius 2 is 2.16 bits per heavy atom. The van der Waals surface area contributed by atoms with Crippen LogP contribution in [0.15, 0.2) is 21.1 Å². The molecule has 0 aliphatic heterocycles. The standard InChI is InChI=1S/C12H9BrClFN2O2/c1-5-10(6(2)19-17-5)12(18)16-11-8(13)3-7(15)4-9(11)14/h3-4H,1-2H3,(H,16,18). The van der Waals surface area contributed by atoms with Crippen LogP contribution in [0.3, 0.4) is 0 Å². The fraction of sp³-hybridized carbons (Fsp3) is 0.167. The second-order valence-corrected chi connectivity index (χ2v) is 5.16. The number of nitrogens with zero attached hydrogens (tertiary/aromatic N) is 1. The normalized spacial score (nSPS) is 10.6. The molecule has 0 saturated carbocycles. The van der Waals surface area contributed by atoms with Gasteiger partial charge in [-0.15, -0.1) is 0 Å². The number of hydrogen-bond donors (Lipinski definition) is 1. The molecule has 1 heterocycles. The molecule has 7 heteroatoms.